The number of fused-ring (bicyclic) bond motifs is 1. The zero-order valence-electron chi connectivity index (χ0n) is 12.8. The number of aromatic nitrogens is 2. The molecule has 2 aromatic rings. The van der Waals surface area contributed by atoms with Gasteiger partial charge in [-0.15, -0.1) is 0 Å². The Morgan fingerprint density at radius 2 is 2.17 bits per heavy atom. The van der Waals surface area contributed by atoms with Crippen molar-refractivity contribution in [2.45, 2.75) is 31.9 Å². The fraction of sp³-hybridized carbons (Fsp3) is 0.529. The second-order valence-corrected chi connectivity index (χ2v) is 6.59. The van der Waals surface area contributed by atoms with Crippen LogP contribution >= 0.6 is 0 Å². The molecule has 2 fully saturated rings. The summed E-state index contributed by atoms with van der Waals surface area (Å²) < 4.78 is 26.6. The second kappa shape index (κ2) is 5.69. The summed E-state index contributed by atoms with van der Waals surface area (Å²) >= 11 is 0. The van der Waals surface area contributed by atoms with Gasteiger partial charge in [0.05, 0.1) is 31.0 Å². The maximum atomic E-state index is 13.7. The van der Waals surface area contributed by atoms with E-state index in [4.69, 9.17) is 9.47 Å². The first-order valence-corrected chi connectivity index (χ1v) is 8.00. The number of benzene rings is 1. The van der Waals surface area contributed by atoms with Crippen molar-refractivity contribution in [1.82, 2.24) is 9.55 Å². The van der Waals surface area contributed by atoms with Gasteiger partial charge in [0, 0.05) is 18.6 Å². The van der Waals surface area contributed by atoms with Gasteiger partial charge in [-0.1, -0.05) is 6.07 Å². The van der Waals surface area contributed by atoms with E-state index in [1.165, 1.54) is 23.0 Å². The molecule has 0 bridgehead atoms. The minimum absolute atomic E-state index is 0.00129. The largest absolute Gasteiger partial charge is 0.381 e. The van der Waals surface area contributed by atoms with Gasteiger partial charge in [0.25, 0.3) is 5.56 Å². The minimum atomic E-state index is -0.468. The highest BCUT2D eigenvalue weighted by atomic mass is 19.1. The Hall–Kier alpha value is -1.79. The number of hydrogen-bond acceptors (Lipinski definition) is 4. The Morgan fingerprint density at radius 3 is 3.00 bits per heavy atom. The van der Waals surface area contributed by atoms with Crippen LogP contribution in [-0.4, -0.2) is 35.5 Å². The molecule has 4 rings (SSSR count). The number of rotatable bonds is 2. The lowest BCUT2D eigenvalue weighted by Crippen LogP contribution is -2.31. The number of para-hydroxylation sites is 1. The van der Waals surface area contributed by atoms with Crippen molar-refractivity contribution in [3.05, 3.63) is 40.7 Å². The molecule has 1 spiro atoms. The van der Waals surface area contributed by atoms with Gasteiger partial charge in [0.2, 0.25) is 0 Å². The van der Waals surface area contributed by atoms with Crippen LogP contribution in [0, 0.1) is 11.2 Å². The summed E-state index contributed by atoms with van der Waals surface area (Å²) in [6, 6.07) is 4.46. The SMILES string of the molecule is O=c1c2cccc(F)c2ncn1CC1CC2(CCOCC2)CO1. The molecule has 23 heavy (non-hydrogen) atoms. The lowest BCUT2D eigenvalue weighted by Gasteiger charge is -2.31. The number of ether oxygens (including phenoxy) is 2. The normalized spacial score (nSPS) is 23.6. The number of nitrogens with zero attached hydrogens (tertiary/aromatic N) is 2. The summed E-state index contributed by atoms with van der Waals surface area (Å²) in [6.45, 7) is 2.76. The van der Waals surface area contributed by atoms with E-state index >= 15 is 0 Å². The first-order valence-electron chi connectivity index (χ1n) is 8.00. The van der Waals surface area contributed by atoms with Crippen LogP contribution in [0.5, 0.6) is 0 Å². The van der Waals surface area contributed by atoms with Crippen LogP contribution in [0.15, 0.2) is 29.3 Å². The average molecular weight is 318 g/mol. The molecule has 0 radical (unpaired) electrons. The third-order valence-electron chi connectivity index (χ3n) is 5.04. The van der Waals surface area contributed by atoms with Gasteiger partial charge in [0.1, 0.15) is 11.3 Å². The van der Waals surface area contributed by atoms with Gasteiger partial charge in [-0.05, 0) is 31.4 Å². The Morgan fingerprint density at radius 1 is 1.35 bits per heavy atom. The van der Waals surface area contributed by atoms with Crippen molar-refractivity contribution >= 4 is 10.9 Å². The topological polar surface area (TPSA) is 53.4 Å². The lowest BCUT2D eigenvalue weighted by molar-refractivity contribution is 0.00643. The van der Waals surface area contributed by atoms with Crippen molar-refractivity contribution in [2.75, 3.05) is 19.8 Å². The Labute approximate surface area is 133 Å². The van der Waals surface area contributed by atoms with Gasteiger partial charge >= 0.3 is 0 Å². The molecule has 0 N–H and O–H groups in total. The van der Waals surface area contributed by atoms with E-state index in [2.05, 4.69) is 4.98 Å². The third kappa shape index (κ3) is 2.66. The summed E-state index contributed by atoms with van der Waals surface area (Å²) in [5, 5.41) is 0.311. The molecule has 1 atom stereocenters. The molecule has 2 aliphatic rings. The highest BCUT2D eigenvalue weighted by molar-refractivity contribution is 5.77. The maximum Gasteiger partial charge on any atom is 0.261 e. The summed E-state index contributed by atoms with van der Waals surface area (Å²) in [4.78, 5) is 16.6. The molecule has 3 heterocycles. The molecular formula is C17H19FN2O3. The Bertz CT molecular complexity index is 783. The van der Waals surface area contributed by atoms with E-state index in [0.29, 0.717) is 11.9 Å². The molecule has 0 amide bonds. The summed E-state index contributed by atoms with van der Waals surface area (Å²) in [6.07, 6.45) is 4.38. The molecule has 1 aromatic carbocycles. The van der Waals surface area contributed by atoms with Crippen LogP contribution < -0.4 is 5.56 Å². The van der Waals surface area contributed by atoms with E-state index in [-0.39, 0.29) is 22.6 Å². The van der Waals surface area contributed by atoms with Gasteiger partial charge in [-0.2, -0.15) is 0 Å². The standard InChI is InChI=1S/C17H19FN2O3/c18-14-3-1-2-13-15(14)19-11-20(16(13)21)9-12-8-17(10-23-12)4-6-22-7-5-17/h1-3,11-12H,4-10H2. The summed E-state index contributed by atoms with van der Waals surface area (Å²) in [5.41, 5.74) is 0.108. The van der Waals surface area contributed by atoms with Crippen LogP contribution in [0.2, 0.25) is 0 Å². The second-order valence-electron chi connectivity index (χ2n) is 6.59. The predicted octanol–water partition coefficient (Wildman–Crippen LogP) is 2.12. The van der Waals surface area contributed by atoms with E-state index in [1.807, 2.05) is 0 Å². The van der Waals surface area contributed by atoms with Crippen LogP contribution in [0.1, 0.15) is 19.3 Å². The van der Waals surface area contributed by atoms with Crippen molar-refractivity contribution in [2.24, 2.45) is 5.41 Å². The van der Waals surface area contributed by atoms with E-state index in [0.717, 1.165) is 39.1 Å². The fourth-order valence-corrected chi connectivity index (χ4v) is 3.67. The average Bonchev–Trinajstić information content (AvgIpc) is 2.94. The maximum absolute atomic E-state index is 13.7. The lowest BCUT2D eigenvalue weighted by atomic mass is 9.78. The number of halogens is 1. The highest BCUT2D eigenvalue weighted by Crippen LogP contribution is 2.41. The molecule has 2 aliphatic heterocycles. The van der Waals surface area contributed by atoms with Crippen molar-refractivity contribution in [3.8, 4) is 0 Å². The molecule has 2 saturated heterocycles. The van der Waals surface area contributed by atoms with Crippen molar-refractivity contribution in [3.63, 3.8) is 0 Å². The molecule has 1 aromatic heterocycles. The monoisotopic (exact) mass is 318 g/mol. The van der Waals surface area contributed by atoms with Crippen molar-refractivity contribution < 1.29 is 13.9 Å². The molecule has 5 nitrogen and oxygen atoms in total. The van der Waals surface area contributed by atoms with Crippen LogP contribution in [-0.2, 0) is 16.0 Å². The Balaban J connectivity index is 1.57. The smallest absolute Gasteiger partial charge is 0.261 e. The van der Waals surface area contributed by atoms with Gasteiger partial charge < -0.3 is 9.47 Å². The van der Waals surface area contributed by atoms with Gasteiger partial charge in [0.15, 0.2) is 0 Å². The molecule has 122 valence electrons. The molecule has 1 unspecified atom stereocenters. The van der Waals surface area contributed by atoms with Crippen LogP contribution in [0.25, 0.3) is 10.9 Å². The zero-order valence-corrected chi connectivity index (χ0v) is 12.8. The van der Waals surface area contributed by atoms with Gasteiger partial charge in [-0.3, -0.25) is 9.36 Å². The minimum Gasteiger partial charge on any atom is -0.381 e. The Kier molecular flexibility index (Phi) is 3.66. The van der Waals surface area contributed by atoms with Gasteiger partial charge in [-0.25, -0.2) is 9.37 Å². The zero-order chi connectivity index (χ0) is 15.9. The highest BCUT2D eigenvalue weighted by Gasteiger charge is 2.41. The number of hydrogen-bond donors (Lipinski definition) is 0. The summed E-state index contributed by atoms with van der Waals surface area (Å²) in [7, 11) is 0. The first kappa shape index (κ1) is 14.8. The van der Waals surface area contributed by atoms with Crippen LogP contribution in [0.3, 0.4) is 0 Å². The van der Waals surface area contributed by atoms with E-state index < -0.39 is 5.82 Å². The van der Waals surface area contributed by atoms with Crippen LogP contribution in [0.4, 0.5) is 4.39 Å². The predicted molar refractivity (Wildman–Crippen MR) is 82.8 cm³/mol. The molecule has 6 heteroatoms. The molecular weight excluding hydrogens is 299 g/mol. The molecule has 0 saturated carbocycles. The summed E-state index contributed by atoms with van der Waals surface area (Å²) in [5.74, 6) is -0.468. The molecule has 0 aliphatic carbocycles. The fourth-order valence-electron chi connectivity index (χ4n) is 3.67. The third-order valence-corrected chi connectivity index (χ3v) is 5.04. The first-order chi connectivity index (χ1) is 11.2. The van der Waals surface area contributed by atoms with E-state index in [1.54, 1.807) is 6.07 Å². The quantitative estimate of drug-likeness (QED) is 0.851. The van der Waals surface area contributed by atoms with Crippen molar-refractivity contribution in [1.29, 1.82) is 0 Å². The van der Waals surface area contributed by atoms with E-state index in [9.17, 15) is 9.18 Å².